The van der Waals surface area contributed by atoms with Gasteiger partial charge in [0, 0.05) is 44.3 Å². The normalized spacial score (nSPS) is 23.0. The predicted molar refractivity (Wildman–Crippen MR) is 68.8 cm³/mol. The Hall–Kier alpha value is -1.40. The van der Waals surface area contributed by atoms with Gasteiger partial charge in [0.15, 0.2) is 0 Å². The van der Waals surface area contributed by atoms with Crippen molar-refractivity contribution in [2.45, 2.75) is 26.1 Å². The average Bonchev–Trinajstić information content (AvgIpc) is 2.86. The van der Waals surface area contributed by atoms with Crippen molar-refractivity contribution < 1.29 is 4.74 Å². The van der Waals surface area contributed by atoms with Crippen molar-refractivity contribution in [3.8, 4) is 6.01 Å². The first-order chi connectivity index (χ1) is 8.79. The lowest BCUT2D eigenvalue weighted by Gasteiger charge is -2.35. The summed E-state index contributed by atoms with van der Waals surface area (Å²) >= 11 is 0. The van der Waals surface area contributed by atoms with Crippen molar-refractivity contribution >= 4 is 5.82 Å². The van der Waals surface area contributed by atoms with Gasteiger partial charge in [-0.2, -0.15) is 9.97 Å². The summed E-state index contributed by atoms with van der Waals surface area (Å²) in [5.74, 6) is 1.04. The Morgan fingerprint density at radius 2 is 2.17 bits per heavy atom. The molecule has 6 nitrogen and oxygen atoms in total. The van der Waals surface area contributed by atoms with E-state index in [1.54, 1.807) is 7.11 Å². The van der Waals surface area contributed by atoms with Gasteiger partial charge in [-0.25, -0.2) is 0 Å². The average molecular weight is 249 g/mol. The van der Waals surface area contributed by atoms with Crippen LogP contribution in [0.4, 0.5) is 5.82 Å². The van der Waals surface area contributed by atoms with Crippen molar-refractivity contribution in [2.75, 3.05) is 31.6 Å². The SMILES string of the molecule is COc1nc2c(c(N3CCNCC3C)n1)CNC2. The summed E-state index contributed by atoms with van der Waals surface area (Å²) in [7, 11) is 1.62. The predicted octanol–water partition coefficient (Wildman–Crippen LogP) is -0.113. The molecule has 2 N–H and O–H groups in total. The quantitative estimate of drug-likeness (QED) is 0.762. The zero-order chi connectivity index (χ0) is 12.5. The molecular weight excluding hydrogens is 230 g/mol. The molecule has 3 rings (SSSR count). The standard InChI is InChI=1S/C12H19N5O/c1-8-5-13-3-4-17(8)11-9-6-14-7-10(9)15-12(16-11)18-2/h8,13-14H,3-7H2,1-2H3. The van der Waals surface area contributed by atoms with Crippen molar-refractivity contribution in [3.63, 3.8) is 0 Å². The lowest BCUT2D eigenvalue weighted by atomic mass is 10.1. The number of rotatable bonds is 2. The third kappa shape index (κ3) is 1.91. The van der Waals surface area contributed by atoms with E-state index in [9.17, 15) is 0 Å². The zero-order valence-corrected chi connectivity index (χ0v) is 10.9. The third-order valence-corrected chi connectivity index (χ3v) is 3.60. The molecule has 1 aromatic rings. The molecule has 18 heavy (non-hydrogen) atoms. The number of nitrogens with zero attached hydrogens (tertiary/aromatic N) is 3. The van der Waals surface area contributed by atoms with E-state index in [0.29, 0.717) is 12.1 Å². The Morgan fingerprint density at radius 1 is 1.28 bits per heavy atom. The molecule has 1 saturated heterocycles. The van der Waals surface area contributed by atoms with Gasteiger partial charge in [0.1, 0.15) is 5.82 Å². The first-order valence-electron chi connectivity index (χ1n) is 6.41. The summed E-state index contributed by atoms with van der Waals surface area (Å²) in [6.07, 6.45) is 0. The summed E-state index contributed by atoms with van der Waals surface area (Å²) in [5.41, 5.74) is 2.30. The van der Waals surface area contributed by atoms with Crippen LogP contribution < -0.4 is 20.3 Å². The summed E-state index contributed by atoms with van der Waals surface area (Å²) in [6, 6.07) is 0.918. The van der Waals surface area contributed by atoms with E-state index < -0.39 is 0 Å². The largest absolute Gasteiger partial charge is 0.467 e. The van der Waals surface area contributed by atoms with E-state index in [-0.39, 0.29) is 0 Å². The minimum Gasteiger partial charge on any atom is -0.467 e. The van der Waals surface area contributed by atoms with Crippen LogP contribution in [-0.2, 0) is 13.1 Å². The number of hydrogen-bond acceptors (Lipinski definition) is 6. The zero-order valence-electron chi connectivity index (χ0n) is 10.9. The second-order valence-corrected chi connectivity index (χ2v) is 4.81. The van der Waals surface area contributed by atoms with Gasteiger partial charge in [-0.3, -0.25) is 0 Å². The third-order valence-electron chi connectivity index (χ3n) is 3.60. The fourth-order valence-corrected chi connectivity index (χ4v) is 2.61. The van der Waals surface area contributed by atoms with Crippen LogP contribution in [0.5, 0.6) is 6.01 Å². The summed E-state index contributed by atoms with van der Waals surface area (Å²) in [5, 5.41) is 6.73. The summed E-state index contributed by atoms with van der Waals surface area (Å²) in [6.45, 7) is 6.85. The highest BCUT2D eigenvalue weighted by molar-refractivity contribution is 5.52. The molecule has 6 heteroatoms. The van der Waals surface area contributed by atoms with Crippen LogP contribution in [-0.4, -0.2) is 42.8 Å². The molecule has 0 spiro atoms. The Morgan fingerprint density at radius 3 is 2.94 bits per heavy atom. The van der Waals surface area contributed by atoms with Gasteiger partial charge in [-0.05, 0) is 6.92 Å². The molecule has 0 radical (unpaired) electrons. The van der Waals surface area contributed by atoms with E-state index in [1.165, 1.54) is 5.56 Å². The van der Waals surface area contributed by atoms with Crippen molar-refractivity contribution in [1.29, 1.82) is 0 Å². The van der Waals surface area contributed by atoms with E-state index in [1.807, 2.05) is 0 Å². The monoisotopic (exact) mass is 249 g/mol. The summed E-state index contributed by atoms with van der Waals surface area (Å²) in [4.78, 5) is 11.3. The van der Waals surface area contributed by atoms with E-state index in [4.69, 9.17) is 4.74 Å². The maximum Gasteiger partial charge on any atom is 0.318 e. The van der Waals surface area contributed by atoms with Crippen LogP contribution in [0.3, 0.4) is 0 Å². The molecule has 2 aliphatic heterocycles. The Labute approximate surface area is 107 Å². The van der Waals surface area contributed by atoms with Gasteiger partial charge in [0.2, 0.25) is 0 Å². The Bertz CT molecular complexity index is 450. The van der Waals surface area contributed by atoms with Crippen molar-refractivity contribution in [1.82, 2.24) is 20.6 Å². The molecule has 0 saturated carbocycles. The molecular formula is C12H19N5O. The minimum absolute atomic E-state index is 0.447. The molecule has 98 valence electrons. The molecule has 0 aliphatic carbocycles. The second-order valence-electron chi connectivity index (χ2n) is 4.81. The van der Waals surface area contributed by atoms with Crippen LogP contribution in [0, 0.1) is 0 Å². The molecule has 0 bridgehead atoms. The van der Waals surface area contributed by atoms with Crippen LogP contribution in [0.2, 0.25) is 0 Å². The highest BCUT2D eigenvalue weighted by Gasteiger charge is 2.27. The lowest BCUT2D eigenvalue weighted by Crippen LogP contribution is -2.50. The number of aromatic nitrogens is 2. The topological polar surface area (TPSA) is 62.3 Å². The Balaban J connectivity index is 2.01. The van der Waals surface area contributed by atoms with Crippen LogP contribution in [0.1, 0.15) is 18.2 Å². The van der Waals surface area contributed by atoms with Gasteiger partial charge >= 0.3 is 6.01 Å². The molecule has 2 aliphatic rings. The smallest absolute Gasteiger partial charge is 0.318 e. The molecule has 1 aromatic heterocycles. The first-order valence-corrected chi connectivity index (χ1v) is 6.41. The van der Waals surface area contributed by atoms with Gasteiger partial charge in [0.25, 0.3) is 0 Å². The highest BCUT2D eigenvalue weighted by atomic mass is 16.5. The maximum atomic E-state index is 5.21. The van der Waals surface area contributed by atoms with Crippen molar-refractivity contribution in [2.24, 2.45) is 0 Å². The number of methoxy groups -OCH3 is 1. The maximum absolute atomic E-state index is 5.21. The number of fused-ring (bicyclic) bond motifs is 1. The van der Waals surface area contributed by atoms with Gasteiger partial charge in [0.05, 0.1) is 12.8 Å². The van der Waals surface area contributed by atoms with Crippen LogP contribution in [0.15, 0.2) is 0 Å². The van der Waals surface area contributed by atoms with E-state index >= 15 is 0 Å². The van der Waals surface area contributed by atoms with E-state index in [0.717, 1.165) is 44.2 Å². The lowest BCUT2D eigenvalue weighted by molar-refractivity contribution is 0.376. The van der Waals surface area contributed by atoms with Gasteiger partial charge < -0.3 is 20.3 Å². The molecule has 3 heterocycles. The molecule has 1 atom stereocenters. The number of piperazine rings is 1. The molecule has 1 unspecified atom stereocenters. The number of ether oxygens (including phenoxy) is 1. The minimum atomic E-state index is 0.447. The van der Waals surface area contributed by atoms with Gasteiger partial charge in [-0.1, -0.05) is 0 Å². The van der Waals surface area contributed by atoms with Gasteiger partial charge in [-0.15, -0.1) is 0 Å². The second kappa shape index (κ2) is 4.70. The van der Waals surface area contributed by atoms with E-state index in [2.05, 4.69) is 32.4 Å². The summed E-state index contributed by atoms with van der Waals surface area (Å²) < 4.78 is 5.21. The Kier molecular flexibility index (Phi) is 3.05. The highest BCUT2D eigenvalue weighted by Crippen LogP contribution is 2.28. The number of nitrogens with one attached hydrogen (secondary N) is 2. The van der Waals surface area contributed by atoms with Crippen molar-refractivity contribution in [3.05, 3.63) is 11.3 Å². The number of anilines is 1. The number of hydrogen-bond donors (Lipinski definition) is 2. The molecule has 0 amide bonds. The first kappa shape index (κ1) is 11.7. The van der Waals surface area contributed by atoms with Crippen LogP contribution >= 0.6 is 0 Å². The fourth-order valence-electron chi connectivity index (χ4n) is 2.61. The van der Waals surface area contributed by atoms with Crippen LogP contribution in [0.25, 0.3) is 0 Å². The molecule has 0 aromatic carbocycles. The fraction of sp³-hybridized carbons (Fsp3) is 0.667. The molecule has 1 fully saturated rings.